The van der Waals surface area contributed by atoms with E-state index in [1.807, 2.05) is 19.1 Å². The molecule has 4 heteroatoms. The van der Waals surface area contributed by atoms with Crippen LogP contribution in [0.15, 0.2) is 28.7 Å². The summed E-state index contributed by atoms with van der Waals surface area (Å²) in [6.07, 6.45) is 0. The van der Waals surface area contributed by atoms with Gasteiger partial charge in [0.15, 0.2) is 0 Å². The topological polar surface area (TPSA) is 50.2 Å². The fourth-order valence-corrected chi connectivity index (χ4v) is 1.89. The van der Waals surface area contributed by atoms with Crippen LogP contribution in [0, 0.1) is 6.92 Å². The Morgan fingerprint density at radius 3 is 2.73 bits per heavy atom. The van der Waals surface area contributed by atoms with Crippen molar-refractivity contribution < 1.29 is 9.90 Å². The molecule has 1 aromatic heterocycles. The minimum atomic E-state index is -1.00. The summed E-state index contributed by atoms with van der Waals surface area (Å²) in [5.41, 5.74) is 1.77. The van der Waals surface area contributed by atoms with Gasteiger partial charge in [-0.2, -0.15) is 0 Å². The molecule has 3 nitrogen and oxygen atoms in total. The van der Waals surface area contributed by atoms with Crippen molar-refractivity contribution in [2.75, 3.05) is 0 Å². The first-order chi connectivity index (χ1) is 7.09. The Balaban J connectivity index is 2.81. The predicted molar refractivity (Wildman–Crippen MR) is 61.1 cm³/mol. The SMILES string of the molecule is Cc1ccc(Br)c2ccc(C(=O)O)nc12. The molecule has 0 saturated heterocycles. The van der Waals surface area contributed by atoms with Gasteiger partial charge in [-0.05, 0) is 30.7 Å². The number of carboxylic acid groups (broad SMARTS) is 1. The largest absolute Gasteiger partial charge is 0.477 e. The predicted octanol–water partition coefficient (Wildman–Crippen LogP) is 3.00. The number of benzene rings is 1. The molecule has 0 amide bonds. The zero-order chi connectivity index (χ0) is 11.0. The molecular formula is C11H8BrNO2. The van der Waals surface area contributed by atoms with Crippen molar-refractivity contribution >= 4 is 32.8 Å². The fourth-order valence-electron chi connectivity index (χ4n) is 1.44. The molecule has 0 aliphatic heterocycles. The molecule has 1 N–H and O–H groups in total. The van der Waals surface area contributed by atoms with Gasteiger partial charge in [-0.1, -0.05) is 22.0 Å². The summed E-state index contributed by atoms with van der Waals surface area (Å²) in [4.78, 5) is 14.9. The number of carbonyl (C=O) groups is 1. The van der Waals surface area contributed by atoms with Gasteiger partial charge in [0.05, 0.1) is 5.52 Å². The summed E-state index contributed by atoms with van der Waals surface area (Å²) in [5, 5.41) is 9.76. The van der Waals surface area contributed by atoms with Gasteiger partial charge in [0.25, 0.3) is 0 Å². The molecule has 0 saturated carbocycles. The standard InChI is InChI=1S/C11H8BrNO2/c1-6-2-4-8(12)7-3-5-9(11(14)15)13-10(6)7/h2-5H,1H3,(H,14,15). The van der Waals surface area contributed by atoms with Crippen LogP contribution in [-0.4, -0.2) is 16.1 Å². The molecule has 0 atom stereocenters. The van der Waals surface area contributed by atoms with E-state index in [0.29, 0.717) is 0 Å². The van der Waals surface area contributed by atoms with Gasteiger partial charge >= 0.3 is 5.97 Å². The highest BCUT2D eigenvalue weighted by Crippen LogP contribution is 2.25. The Kier molecular flexibility index (Phi) is 2.44. The summed E-state index contributed by atoms with van der Waals surface area (Å²) < 4.78 is 0.924. The van der Waals surface area contributed by atoms with Crippen LogP contribution in [0.4, 0.5) is 0 Å². The van der Waals surface area contributed by atoms with Crippen molar-refractivity contribution in [1.82, 2.24) is 4.98 Å². The number of fused-ring (bicyclic) bond motifs is 1. The van der Waals surface area contributed by atoms with E-state index in [0.717, 1.165) is 20.9 Å². The molecule has 0 unspecified atom stereocenters. The Labute approximate surface area is 94.9 Å². The Morgan fingerprint density at radius 2 is 2.07 bits per heavy atom. The first-order valence-electron chi connectivity index (χ1n) is 4.39. The number of hydrogen-bond donors (Lipinski definition) is 1. The lowest BCUT2D eigenvalue weighted by Crippen LogP contribution is -2.00. The maximum absolute atomic E-state index is 10.8. The number of nitrogens with zero attached hydrogens (tertiary/aromatic N) is 1. The maximum atomic E-state index is 10.8. The van der Waals surface area contributed by atoms with Crippen LogP contribution in [0.1, 0.15) is 16.1 Å². The van der Waals surface area contributed by atoms with Gasteiger partial charge < -0.3 is 5.11 Å². The van der Waals surface area contributed by atoms with Gasteiger partial charge in [0.2, 0.25) is 0 Å². The molecular weight excluding hydrogens is 258 g/mol. The number of hydrogen-bond acceptors (Lipinski definition) is 2. The molecule has 0 fully saturated rings. The number of halogens is 1. The van der Waals surface area contributed by atoms with Crippen molar-refractivity contribution in [3.8, 4) is 0 Å². The quantitative estimate of drug-likeness (QED) is 0.863. The minimum Gasteiger partial charge on any atom is -0.477 e. The molecule has 0 spiro atoms. The molecule has 1 heterocycles. The van der Waals surface area contributed by atoms with E-state index in [4.69, 9.17) is 5.11 Å². The third kappa shape index (κ3) is 1.72. The summed E-state index contributed by atoms with van der Waals surface area (Å²) >= 11 is 3.41. The van der Waals surface area contributed by atoms with Crippen molar-refractivity contribution in [1.29, 1.82) is 0 Å². The van der Waals surface area contributed by atoms with Crippen LogP contribution < -0.4 is 0 Å². The summed E-state index contributed by atoms with van der Waals surface area (Å²) in [6.45, 7) is 1.91. The van der Waals surface area contributed by atoms with Crippen LogP contribution >= 0.6 is 15.9 Å². The number of carboxylic acids is 1. The minimum absolute atomic E-state index is 0.0729. The van der Waals surface area contributed by atoms with Crippen LogP contribution in [-0.2, 0) is 0 Å². The Bertz CT molecular complexity index is 552. The first-order valence-corrected chi connectivity index (χ1v) is 5.18. The van der Waals surface area contributed by atoms with E-state index in [9.17, 15) is 4.79 Å². The normalized spacial score (nSPS) is 10.5. The van der Waals surface area contributed by atoms with Gasteiger partial charge in [-0.25, -0.2) is 9.78 Å². The number of aryl methyl sites for hydroxylation is 1. The summed E-state index contributed by atoms with van der Waals surface area (Å²) in [6, 6.07) is 7.11. The average molecular weight is 266 g/mol. The zero-order valence-electron chi connectivity index (χ0n) is 7.99. The van der Waals surface area contributed by atoms with Crippen molar-refractivity contribution in [2.45, 2.75) is 6.92 Å². The zero-order valence-corrected chi connectivity index (χ0v) is 9.58. The number of pyridine rings is 1. The summed E-state index contributed by atoms with van der Waals surface area (Å²) in [7, 11) is 0. The van der Waals surface area contributed by atoms with Gasteiger partial charge in [0.1, 0.15) is 5.69 Å². The molecule has 15 heavy (non-hydrogen) atoms. The molecule has 2 rings (SSSR count). The van der Waals surface area contributed by atoms with Gasteiger partial charge in [-0.3, -0.25) is 0 Å². The lowest BCUT2D eigenvalue weighted by molar-refractivity contribution is 0.0691. The third-order valence-electron chi connectivity index (χ3n) is 2.22. The summed E-state index contributed by atoms with van der Waals surface area (Å²) in [5.74, 6) is -1.00. The van der Waals surface area contributed by atoms with Crippen molar-refractivity contribution in [2.24, 2.45) is 0 Å². The van der Waals surface area contributed by atoms with Crippen LogP contribution in [0.3, 0.4) is 0 Å². The van der Waals surface area contributed by atoms with Crippen LogP contribution in [0.25, 0.3) is 10.9 Å². The fraction of sp³-hybridized carbons (Fsp3) is 0.0909. The van der Waals surface area contributed by atoms with E-state index < -0.39 is 5.97 Å². The molecule has 76 valence electrons. The van der Waals surface area contributed by atoms with Crippen molar-refractivity contribution in [3.05, 3.63) is 40.0 Å². The Hall–Kier alpha value is -1.42. The molecule has 2 aromatic rings. The Morgan fingerprint density at radius 1 is 1.33 bits per heavy atom. The highest BCUT2D eigenvalue weighted by atomic mass is 79.9. The molecule has 1 aromatic carbocycles. The lowest BCUT2D eigenvalue weighted by atomic mass is 10.1. The molecule has 0 bridgehead atoms. The second-order valence-corrected chi connectivity index (χ2v) is 4.12. The highest BCUT2D eigenvalue weighted by Gasteiger charge is 2.08. The van der Waals surface area contributed by atoms with Crippen LogP contribution in [0.5, 0.6) is 0 Å². The smallest absolute Gasteiger partial charge is 0.354 e. The lowest BCUT2D eigenvalue weighted by Gasteiger charge is -2.04. The van der Waals surface area contributed by atoms with E-state index in [1.54, 1.807) is 6.07 Å². The van der Waals surface area contributed by atoms with Crippen LogP contribution in [0.2, 0.25) is 0 Å². The maximum Gasteiger partial charge on any atom is 0.354 e. The van der Waals surface area contributed by atoms with Crippen molar-refractivity contribution in [3.63, 3.8) is 0 Å². The number of rotatable bonds is 1. The monoisotopic (exact) mass is 265 g/mol. The van der Waals surface area contributed by atoms with Gasteiger partial charge in [0, 0.05) is 9.86 Å². The molecule has 0 aliphatic carbocycles. The third-order valence-corrected chi connectivity index (χ3v) is 2.92. The van der Waals surface area contributed by atoms with Gasteiger partial charge in [-0.15, -0.1) is 0 Å². The second-order valence-electron chi connectivity index (χ2n) is 3.26. The number of aromatic nitrogens is 1. The average Bonchev–Trinajstić information content (AvgIpc) is 2.23. The molecule has 0 radical (unpaired) electrons. The van der Waals surface area contributed by atoms with E-state index in [-0.39, 0.29) is 5.69 Å². The highest BCUT2D eigenvalue weighted by molar-refractivity contribution is 9.10. The second kappa shape index (κ2) is 3.62. The van der Waals surface area contributed by atoms with E-state index in [1.165, 1.54) is 6.07 Å². The number of aromatic carboxylic acids is 1. The molecule has 0 aliphatic rings. The first kappa shape index (κ1) is 10.1. The van der Waals surface area contributed by atoms with E-state index in [2.05, 4.69) is 20.9 Å². The van der Waals surface area contributed by atoms with E-state index >= 15 is 0 Å².